The summed E-state index contributed by atoms with van der Waals surface area (Å²) in [6, 6.07) is 79.8. The standard InChI is InChI=1S/C58H37NO2/c1-3-13-39(14-4-1)45-35-36-46(49-18-8-7-17-48(45)49)41-27-32-44(33-28-41)59(43-30-25-38(26-31-43)42-29-34-51-50-19-9-10-24-55(50)60-56(51)37-42)54-23-12-22-53-52-21-11-20-47(57(52)61-58(53)54)40-15-5-2-6-16-40/h1-37H. The molecule has 0 aliphatic rings. The molecule has 0 aliphatic carbocycles. The van der Waals surface area contributed by atoms with Crippen molar-refractivity contribution in [3.8, 4) is 44.5 Å². The maximum atomic E-state index is 6.99. The van der Waals surface area contributed by atoms with Gasteiger partial charge in [0.1, 0.15) is 16.7 Å². The number of hydrogen-bond acceptors (Lipinski definition) is 3. The highest BCUT2D eigenvalue weighted by atomic mass is 16.3. The van der Waals surface area contributed by atoms with Crippen molar-refractivity contribution >= 4 is 71.7 Å². The van der Waals surface area contributed by atoms with Crippen LogP contribution < -0.4 is 4.90 Å². The molecule has 3 nitrogen and oxygen atoms in total. The van der Waals surface area contributed by atoms with Crippen molar-refractivity contribution in [3.63, 3.8) is 0 Å². The second-order valence-corrected chi connectivity index (χ2v) is 15.6. The molecule has 0 fully saturated rings. The van der Waals surface area contributed by atoms with Crippen LogP contribution in [-0.4, -0.2) is 0 Å². The Kier molecular flexibility index (Phi) is 8.17. The molecule has 0 saturated heterocycles. The first-order chi connectivity index (χ1) is 30.2. The van der Waals surface area contributed by atoms with Crippen LogP contribution in [0.3, 0.4) is 0 Å². The van der Waals surface area contributed by atoms with Gasteiger partial charge in [-0.15, -0.1) is 0 Å². The Hall–Kier alpha value is -8.14. The van der Waals surface area contributed by atoms with Crippen LogP contribution in [0.2, 0.25) is 0 Å². The van der Waals surface area contributed by atoms with E-state index in [2.05, 4.69) is 211 Å². The topological polar surface area (TPSA) is 29.5 Å². The Balaban J connectivity index is 0.993. The highest BCUT2D eigenvalue weighted by Gasteiger charge is 2.21. The van der Waals surface area contributed by atoms with Crippen molar-refractivity contribution in [2.24, 2.45) is 0 Å². The van der Waals surface area contributed by atoms with Crippen molar-refractivity contribution in [1.29, 1.82) is 0 Å². The van der Waals surface area contributed by atoms with Crippen LogP contribution in [0.4, 0.5) is 17.1 Å². The van der Waals surface area contributed by atoms with E-state index >= 15 is 0 Å². The number of para-hydroxylation sites is 3. The molecular formula is C58H37NO2. The monoisotopic (exact) mass is 779 g/mol. The van der Waals surface area contributed by atoms with Gasteiger partial charge in [-0.05, 0) is 98.2 Å². The highest BCUT2D eigenvalue weighted by Crippen LogP contribution is 2.45. The molecule has 0 radical (unpaired) electrons. The first-order valence-corrected chi connectivity index (χ1v) is 20.7. The summed E-state index contributed by atoms with van der Waals surface area (Å²) >= 11 is 0. The summed E-state index contributed by atoms with van der Waals surface area (Å²) in [6.45, 7) is 0. The maximum Gasteiger partial charge on any atom is 0.159 e. The van der Waals surface area contributed by atoms with Crippen LogP contribution in [0.25, 0.3) is 99.2 Å². The SMILES string of the molecule is c1ccc(-c2ccc(-c3ccc(N(c4ccc(-c5ccc6c(c5)oc5ccccc56)cc4)c4cccc5c4oc4c(-c6ccccc6)cccc45)cc3)c3ccccc23)cc1. The summed E-state index contributed by atoms with van der Waals surface area (Å²) in [5.41, 5.74) is 15.8. The molecule has 286 valence electrons. The summed E-state index contributed by atoms with van der Waals surface area (Å²) < 4.78 is 13.3. The zero-order chi connectivity index (χ0) is 40.3. The Morgan fingerprint density at radius 1 is 0.262 bits per heavy atom. The quantitative estimate of drug-likeness (QED) is 0.161. The number of nitrogens with zero attached hydrogens (tertiary/aromatic N) is 1. The molecule has 10 aromatic carbocycles. The van der Waals surface area contributed by atoms with E-state index in [0.717, 1.165) is 88.8 Å². The fraction of sp³-hybridized carbons (Fsp3) is 0. The van der Waals surface area contributed by atoms with Crippen LogP contribution in [0, 0.1) is 0 Å². The van der Waals surface area contributed by atoms with Gasteiger partial charge < -0.3 is 13.7 Å². The number of furan rings is 2. The number of rotatable bonds is 7. The van der Waals surface area contributed by atoms with Crippen molar-refractivity contribution in [2.45, 2.75) is 0 Å². The van der Waals surface area contributed by atoms with Crippen LogP contribution >= 0.6 is 0 Å². The van der Waals surface area contributed by atoms with E-state index in [1.165, 1.54) is 27.5 Å². The van der Waals surface area contributed by atoms with Crippen molar-refractivity contribution in [1.82, 2.24) is 0 Å². The van der Waals surface area contributed by atoms with E-state index in [4.69, 9.17) is 8.83 Å². The molecule has 61 heavy (non-hydrogen) atoms. The van der Waals surface area contributed by atoms with Crippen LogP contribution in [0.1, 0.15) is 0 Å². The molecule has 2 heterocycles. The number of benzene rings is 10. The van der Waals surface area contributed by atoms with Gasteiger partial charge in [0.25, 0.3) is 0 Å². The molecule has 12 rings (SSSR count). The van der Waals surface area contributed by atoms with Crippen LogP contribution in [0.5, 0.6) is 0 Å². The van der Waals surface area contributed by atoms with Crippen LogP contribution in [0.15, 0.2) is 233 Å². The Morgan fingerprint density at radius 2 is 0.754 bits per heavy atom. The Bertz CT molecular complexity index is 3560. The average Bonchev–Trinajstić information content (AvgIpc) is 3.91. The summed E-state index contributed by atoms with van der Waals surface area (Å²) in [6.07, 6.45) is 0. The second-order valence-electron chi connectivity index (χ2n) is 15.6. The minimum absolute atomic E-state index is 0.840. The minimum Gasteiger partial charge on any atom is -0.456 e. The van der Waals surface area contributed by atoms with E-state index in [9.17, 15) is 0 Å². The lowest BCUT2D eigenvalue weighted by Gasteiger charge is -2.26. The van der Waals surface area contributed by atoms with Gasteiger partial charge in [0, 0.05) is 38.5 Å². The second kappa shape index (κ2) is 14.3. The van der Waals surface area contributed by atoms with Gasteiger partial charge >= 0.3 is 0 Å². The highest BCUT2D eigenvalue weighted by molar-refractivity contribution is 6.14. The largest absolute Gasteiger partial charge is 0.456 e. The summed E-state index contributed by atoms with van der Waals surface area (Å²) in [5, 5.41) is 6.89. The van der Waals surface area contributed by atoms with E-state index in [1.54, 1.807) is 0 Å². The third-order valence-corrected chi connectivity index (χ3v) is 12.1. The van der Waals surface area contributed by atoms with E-state index in [0.29, 0.717) is 0 Å². The van der Waals surface area contributed by atoms with Gasteiger partial charge in [-0.25, -0.2) is 0 Å². The summed E-state index contributed by atoms with van der Waals surface area (Å²) in [5.74, 6) is 0. The molecule has 0 atom stereocenters. The molecule has 0 aliphatic heterocycles. The summed E-state index contributed by atoms with van der Waals surface area (Å²) in [7, 11) is 0. The first kappa shape index (κ1) is 34.9. The fourth-order valence-electron chi connectivity index (χ4n) is 9.17. The smallest absolute Gasteiger partial charge is 0.159 e. The van der Waals surface area contributed by atoms with Gasteiger partial charge in [0.05, 0.1) is 5.69 Å². The van der Waals surface area contributed by atoms with Crippen molar-refractivity contribution in [2.75, 3.05) is 4.90 Å². The predicted molar refractivity (Wildman–Crippen MR) is 255 cm³/mol. The molecule has 3 heteroatoms. The lowest BCUT2D eigenvalue weighted by molar-refractivity contribution is 0.669. The third kappa shape index (κ3) is 5.90. The van der Waals surface area contributed by atoms with Crippen LogP contribution in [-0.2, 0) is 0 Å². The molecule has 0 N–H and O–H groups in total. The maximum absolute atomic E-state index is 6.99. The number of fused-ring (bicyclic) bond motifs is 7. The first-order valence-electron chi connectivity index (χ1n) is 20.7. The Labute approximate surface area is 353 Å². The molecule has 2 aromatic heterocycles. The van der Waals surface area contributed by atoms with Crippen molar-refractivity contribution in [3.05, 3.63) is 224 Å². The normalized spacial score (nSPS) is 11.6. The minimum atomic E-state index is 0.840. The van der Waals surface area contributed by atoms with Gasteiger partial charge in [-0.1, -0.05) is 176 Å². The molecule has 0 unspecified atom stereocenters. The zero-order valence-electron chi connectivity index (χ0n) is 33.1. The molecule has 12 aromatic rings. The van der Waals surface area contributed by atoms with Gasteiger partial charge in [0.2, 0.25) is 0 Å². The molecule has 0 bridgehead atoms. The lowest BCUT2D eigenvalue weighted by atomic mass is 9.92. The van der Waals surface area contributed by atoms with Gasteiger partial charge in [-0.2, -0.15) is 0 Å². The molecule has 0 spiro atoms. The predicted octanol–water partition coefficient (Wildman–Crippen LogP) is 16.8. The lowest BCUT2D eigenvalue weighted by Crippen LogP contribution is -2.10. The molecule has 0 saturated carbocycles. The average molecular weight is 780 g/mol. The summed E-state index contributed by atoms with van der Waals surface area (Å²) in [4.78, 5) is 2.32. The number of anilines is 3. The molecule has 0 amide bonds. The van der Waals surface area contributed by atoms with Crippen molar-refractivity contribution < 1.29 is 8.83 Å². The van der Waals surface area contributed by atoms with Gasteiger partial charge in [0.15, 0.2) is 5.58 Å². The van der Waals surface area contributed by atoms with E-state index < -0.39 is 0 Å². The molecular weight excluding hydrogens is 743 g/mol. The Morgan fingerprint density at radius 3 is 1.43 bits per heavy atom. The fourth-order valence-corrected chi connectivity index (χ4v) is 9.17. The van der Waals surface area contributed by atoms with E-state index in [1.807, 2.05) is 18.2 Å². The number of hydrogen-bond donors (Lipinski definition) is 0. The zero-order valence-corrected chi connectivity index (χ0v) is 33.1. The van der Waals surface area contributed by atoms with E-state index in [-0.39, 0.29) is 0 Å². The van der Waals surface area contributed by atoms with Gasteiger partial charge in [-0.3, -0.25) is 0 Å². The third-order valence-electron chi connectivity index (χ3n) is 12.1.